The molecule has 0 saturated carbocycles. The van der Waals surface area contributed by atoms with E-state index in [4.69, 9.17) is 0 Å². The van der Waals surface area contributed by atoms with Crippen LogP contribution in [0.25, 0.3) is 11.4 Å². The Labute approximate surface area is 139 Å². The van der Waals surface area contributed by atoms with Crippen molar-refractivity contribution in [1.29, 1.82) is 0 Å². The topological polar surface area (TPSA) is 50.2 Å². The molecule has 5 nitrogen and oxygen atoms in total. The molecule has 0 aliphatic rings. The van der Waals surface area contributed by atoms with Gasteiger partial charge in [-0.15, -0.1) is 0 Å². The third-order valence-corrected chi connectivity index (χ3v) is 4.27. The van der Waals surface area contributed by atoms with Gasteiger partial charge in [0.1, 0.15) is 5.82 Å². The number of nitrogens with zero attached hydrogens (tertiary/aromatic N) is 3. The molecule has 0 saturated heterocycles. The first-order valence-corrected chi connectivity index (χ1v) is 8.19. The first kappa shape index (κ1) is 15.3. The largest absolute Gasteiger partial charge is 0.334 e. The van der Waals surface area contributed by atoms with Crippen LogP contribution in [0.15, 0.2) is 53.5 Å². The normalized spacial score (nSPS) is 10.5. The molecule has 3 aromatic rings. The maximum atomic E-state index is 12.3. The molecule has 1 aromatic carbocycles. The molecule has 0 bridgehead atoms. The number of hydrogen-bond acceptors (Lipinski definition) is 3. The van der Waals surface area contributed by atoms with Crippen LogP contribution in [-0.2, 0) is 13.6 Å². The van der Waals surface area contributed by atoms with E-state index in [1.807, 2.05) is 58.9 Å². The highest BCUT2D eigenvalue weighted by molar-refractivity contribution is 7.07. The lowest BCUT2D eigenvalue weighted by Gasteiger charge is -2.17. The summed E-state index contributed by atoms with van der Waals surface area (Å²) in [5, 5.41) is 6.99. The molecule has 2 heterocycles. The van der Waals surface area contributed by atoms with Gasteiger partial charge >= 0.3 is 6.03 Å². The number of aromatic nitrogens is 2. The number of imidazole rings is 1. The molecular formula is C17H18N4OS. The van der Waals surface area contributed by atoms with Gasteiger partial charge in [-0.05, 0) is 34.5 Å². The molecule has 0 aliphatic carbocycles. The summed E-state index contributed by atoms with van der Waals surface area (Å²) in [7, 11) is 3.73. The number of rotatable bonds is 4. The fourth-order valence-electron chi connectivity index (χ4n) is 2.33. The fraction of sp³-hybridized carbons (Fsp3) is 0.176. The third kappa shape index (κ3) is 3.60. The lowest BCUT2D eigenvalue weighted by Crippen LogP contribution is -2.30. The zero-order chi connectivity index (χ0) is 16.2. The molecule has 3 rings (SSSR count). The van der Waals surface area contributed by atoms with Gasteiger partial charge in [0.25, 0.3) is 0 Å². The zero-order valence-electron chi connectivity index (χ0n) is 13.1. The minimum Gasteiger partial charge on any atom is -0.334 e. The van der Waals surface area contributed by atoms with Crippen LogP contribution in [0.2, 0.25) is 0 Å². The summed E-state index contributed by atoms with van der Waals surface area (Å²) in [5.74, 6) is 0.868. The molecular weight excluding hydrogens is 308 g/mol. The van der Waals surface area contributed by atoms with Crippen molar-refractivity contribution in [2.24, 2.45) is 7.05 Å². The van der Waals surface area contributed by atoms with Crippen molar-refractivity contribution in [2.45, 2.75) is 6.54 Å². The Hall–Kier alpha value is -2.60. The predicted molar refractivity (Wildman–Crippen MR) is 93.4 cm³/mol. The number of carbonyl (C=O) groups is 1. The van der Waals surface area contributed by atoms with Crippen LogP contribution >= 0.6 is 11.3 Å². The van der Waals surface area contributed by atoms with Gasteiger partial charge in [0.2, 0.25) is 0 Å². The number of carbonyl (C=O) groups excluding carboxylic acids is 1. The number of urea groups is 1. The van der Waals surface area contributed by atoms with Crippen molar-refractivity contribution in [2.75, 3.05) is 12.4 Å². The van der Waals surface area contributed by atoms with E-state index in [2.05, 4.69) is 10.3 Å². The van der Waals surface area contributed by atoms with Gasteiger partial charge in [-0.1, -0.05) is 12.1 Å². The van der Waals surface area contributed by atoms with E-state index in [1.54, 1.807) is 29.5 Å². The van der Waals surface area contributed by atoms with Crippen molar-refractivity contribution < 1.29 is 4.79 Å². The summed E-state index contributed by atoms with van der Waals surface area (Å²) in [6.45, 7) is 0.592. The minimum absolute atomic E-state index is 0.131. The molecule has 6 heteroatoms. The number of thiophene rings is 1. The molecule has 2 aromatic heterocycles. The average molecular weight is 326 g/mol. The first-order chi connectivity index (χ1) is 11.1. The number of anilines is 1. The molecule has 0 radical (unpaired) electrons. The molecule has 0 atom stereocenters. The summed E-state index contributed by atoms with van der Waals surface area (Å²) >= 11 is 1.63. The highest BCUT2D eigenvalue weighted by Crippen LogP contribution is 2.21. The Balaban J connectivity index is 1.70. The van der Waals surface area contributed by atoms with E-state index in [9.17, 15) is 4.79 Å². The second-order valence-corrected chi connectivity index (χ2v) is 6.14. The van der Waals surface area contributed by atoms with Crippen molar-refractivity contribution >= 4 is 23.1 Å². The molecule has 0 aliphatic heterocycles. The van der Waals surface area contributed by atoms with Gasteiger partial charge in [-0.2, -0.15) is 11.3 Å². The Bertz CT molecular complexity index is 795. The SMILES string of the molecule is CN(Cc1ccsc1)C(=O)Nc1cccc(-c2nccn2C)c1. The Morgan fingerprint density at radius 2 is 2.26 bits per heavy atom. The molecule has 0 fully saturated rings. The van der Waals surface area contributed by atoms with Gasteiger partial charge in [-0.25, -0.2) is 9.78 Å². The molecule has 118 valence electrons. The Morgan fingerprint density at radius 1 is 1.39 bits per heavy atom. The summed E-state index contributed by atoms with van der Waals surface area (Å²) < 4.78 is 1.95. The Kier molecular flexibility index (Phi) is 4.43. The van der Waals surface area contributed by atoms with E-state index in [1.165, 1.54) is 0 Å². The number of amides is 2. The highest BCUT2D eigenvalue weighted by Gasteiger charge is 2.11. The van der Waals surface area contributed by atoms with Gasteiger partial charge < -0.3 is 14.8 Å². The van der Waals surface area contributed by atoms with Crippen LogP contribution in [-0.4, -0.2) is 27.5 Å². The van der Waals surface area contributed by atoms with Crippen LogP contribution in [0.4, 0.5) is 10.5 Å². The first-order valence-electron chi connectivity index (χ1n) is 7.24. The molecule has 1 N–H and O–H groups in total. The zero-order valence-corrected chi connectivity index (χ0v) is 13.9. The van der Waals surface area contributed by atoms with Crippen LogP contribution in [0.1, 0.15) is 5.56 Å². The second kappa shape index (κ2) is 6.66. The van der Waals surface area contributed by atoms with E-state index >= 15 is 0 Å². The van der Waals surface area contributed by atoms with E-state index in [-0.39, 0.29) is 6.03 Å². The molecule has 0 unspecified atom stereocenters. The maximum Gasteiger partial charge on any atom is 0.321 e. The van der Waals surface area contributed by atoms with Crippen molar-refractivity contribution in [3.63, 3.8) is 0 Å². The summed E-state index contributed by atoms with van der Waals surface area (Å²) in [5.41, 5.74) is 2.86. The number of nitrogens with one attached hydrogen (secondary N) is 1. The Morgan fingerprint density at radius 3 is 2.96 bits per heavy atom. The summed E-state index contributed by atoms with van der Waals surface area (Å²) in [6, 6.07) is 9.59. The van der Waals surface area contributed by atoms with Gasteiger partial charge in [0, 0.05) is 44.3 Å². The predicted octanol–water partition coefficient (Wildman–Crippen LogP) is 3.81. The van der Waals surface area contributed by atoms with E-state index < -0.39 is 0 Å². The standard InChI is InChI=1S/C17H18N4OS/c1-20-8-7-18-16(20)14-4-3-5-15(10-14)19-17(22)21(2)11-13-6-9-23-12-13/h3-10,12H,11H2,1-2H3,(H,19,22). The minimum atomic E-state index is -0.131. The van der Waals surface area contributed by atoms with E-state index in [0.29, 0.717) is 6.54 Å². The number of benzene rings is 1. The molecule has 2 amide bonds. The van der Waals surface area contributed by atoms with Crippen molar-refractivity contribution in [3.8, 4) is 11.4 Å². The lowest BCUT2D eigenvalue weighted by molar-refractivity contribution is 0.221. The average Bonchev–Trinajstić information content (AvgIpc) is 3.19. The quantitative estimate of drug-likeness (QED) is 0.792. The van der Waals surface area contributed by atoms with Crippen LogP contribution in [0.3, 0.4) is 0 Å². The van der Waals surface area contributed by atoms with Crippen LogP contribution in [0, 0.1) is 0 Å². The monoisotopic (exact) mass is 326 g/mol. The van der Waals surface area contributed by atoms with Crippen LogP contribution < -0.4 is 5.32 Å². The smallest absolute Gasteiger partial charge is 0.321 e. The van der Waals surface area contributed by atoms with Gasteiger partial charge in [0.05, 0.1) is 0 Å². The molecule has 23 heavy (non-hydrogen) atoms. The summed E-state index contributed by atoms with van der Waals surface area (Å²) in [6.07, 6.45) is 3.66. The van der Waals surface area contributed by atoms with Gasteiger partial charge in [0.15, 0.2) is 0 Å². The van der Waals surface area contributed by atoms with Gasteiger partial charge in [-0.3, -0.25) is 0 Å². The highest BCUT2D eigenvalue weighted by atomic mass is 32.1. The fourth-order valence-corrected chi connectivity index (χ4v) is 2.99. The second-order valence-electron chi connectivity index (χ2n) is 5.36. The van der Waals surface area contributed by atoms with E-state index in [0.717, 1.165) is 22.6 Å². The van der Waals surface area contributed by atoms with Crippen molar-refractivity contribution in [1.82, 2.24) is 14.5 Å². The summed E-state index contributed by atoms with van der Waals surface area (Å²) in [4.78, 5) is 18.3. The maximum absolute atomic E-state index is 12.3. The third-order valence-electron chi connectivity index (χ3n) is 3.54. The van der Waals surface area contributed by atoms with Crippen LogP contribution in [0.5, 0.6) is 0 Å². The molecule has 0 spiro atoms. The number of aryl methyl sites for hydroxylation is 1. The lowest BCUT2D eigenvalue weighted by atomic mass is 10.2. The van der Waals surface area contributed by atoms with Crippen molar-refractivity contribution in [3.05, 3.63) is 59.0 Å². The number of hydrogen-bond donors (Lipinski definition) is 1.